The van der Waals surface area contributed by atoms with Gasteiger partial charge in [-0.3, -0.25) is 0 Å². The minimum atomic E-state index is -0.832. The maximum absolute atomic E-state index is 6.31. The van der Waals surface area contributed by atoms with Crippen molar-refractivity contribution in [1.29, 1.82) is 0 Å². The van der Waals surface area contributed by atoms with Gasteiger partial charge in [-0.1, -0.05) is 37.3 Å². The molecule has 1 aromatic carbocycles. The average molecular weight is 293 g/mol. The Balaban J connectivity index is 2.21. The van der Waals surface area contributed by atoms with E-state index in [4.69, 9.17) is 7.57 Å². The molecule has 0 amide bonds. The summed E-state index contributed by atoms with van der Waals surface area (Å²) in [5.74, 6) is 1.51. The summed E-state index contributed by atoms with van der Waals surface area (Å²) in [4.78, 5) is 0. The van der Waals surface area contributed by atoms with Crippen molar-refractivity contribution < 1.29 is 0 Å². The standard InChI is InChI=1S/C19H23BP/c1-5-14-11-16-8-12(2)9-17(16)19(21(4)20)18(14)10-13(3)15-6-7-15/h5,10-12,15H,1,4,6-9H2,2-3H3/q+1/b13-10+. The fraction of sp³-hybridized carbons (Fsp3) is 0.421. The van der Waals surface area contributed by atoms with Crippen LogP contribution in [0.2, 0.25) is 0 Å². The van der Waals surface area contributed by atoms with Crippen molar-refractivity contribution in [2.24, 2.45) is 11.8 Å². The van der Waals surface area contributed by atoms with E-state index in [1.807, 2.05) is 6.08 Å². The minimum Gasteiger partial charge on any atom is -0.0984 e. The van der Waals surface area contributed by atoms with Gasteiger partial charge in [0.1, 0.15) is 5.30 Å². The van der Waals surface area contributed by atoms with Crippen LogP contribution < -0.4 is 5.30 Å². The van der Waals surface area contributed by atoms with Gasteiger partial charge in [0.25, 0.3) is 0 Å². The monoisotopic (exact) mass is 293 g/mol. The quantitative estimate of drug-likeness (QED) is 0.566. The van der Waals surface area contributed by atoms with Gasteiger partial charge in [-0.05, 0) is 55.6 Å². The summed E-state index contributed by atoms with van der Waals surface area (Å²) in [5, 5.41) is 1.32. The van der Waals surface area contributed by atoms with E-state index in [0.717, 1.165) is 24.7 Å². The molecule has 0 N–H and O–H groups in total. The van der Waals surface area contributed by atoms with E-state index >= 15 is 0 Å². The first-order chi connectivity index (χ1) is 10.0. The molecule has 2 aliphatic carbocycles. The van der Waals surface area contributed by atoms with Gasteiger partial charge in [-0.25, -0.2) is 0 Å². The predicted molar refractivity (Wildman–Crippen MR) is 98.9 cm³/mol. The highest BCUT2D eigenvalue weighted by Crippen LogP contribution is 2.39. The third-order valence-electron chi connectivity index (χ3n) is 4.79. The normalized spacial score (nSPS) is 22.1. The summed E-state index contributed by atoms with van der Waals surface area (Å²) in [6.07, 6.45) is 13.5. The molecule has 21 heavy (non-hydrogen) atoms. The van der Waals surface area contributed by atoms with Gasteiger partial charge < -0.3 is 0 Å². The lowest BCUT2D eigenvalue weighted by Crippen LogP contribution is -2.13. The summed E-state index contributed by atoms with van der Waals surface area (Å²) in [5.41, 5.74) is 6.97. The van der Waals surface area contributed by atoms with E-state index < -0.39 is 7.42 Å². The zero-order chi connectivity index (χ0) is 15.1. The molecule has 0 aromatic heterocycles. The topological polar surface area (TPSA) is 0 Å². The summed E-state index contributed by atoms with van der Waals surface area (Å²) < 4.78 is 0. The van der Waals surface area contributed by atoms with Crippen LogP contribution in [0.3, 0.4) is 0 Å². The Morgan fingerprint density at radius 3 is 2.67 bits per heavy atom. The van der Waals surface area contributed by atoms with Crippen molar-refractivity contribution in [3.8, 4) is 0 Å². The van der Waals surface area contributed by atoms with Crippen LogP contribution in [0.25, 0.3) is 12.2 Å². The molecule has 2 atom stereocenters. The molecular weight excluding hydrogens is 270 g/mol. The van der Waals surface area contributed by atoms with Crippen molar-refractivity contribution in [1.82, 2.24) is 0 Å². The van der Waals surface area contributed by atoms with Gasteiger partial charge in [-0.15, -0.1) is 0 Å². The van der Waals surface area contributed by atoms with Crippen molar-refractivity contribution in [3.63, 3.8) is 0 Å². The first-order valence-corrected chi connectivity index (χ1v) is 9.45. The molecule has 3 rings (SSSR count). The van der Waals surface area contributed by atoms with E-state index in [2.05, 4.69) is 38.9 Å². The molecule has 2 unspecified atom stereocenters. The molecule has 2 heteroatoms. The summed E-state index contributed by atoms with van der Waals surface area (Å²) in [7, 11) is 5.48. The van der Waals surface area contributed by atoms with Gasteiger partial charge >= 0.3 is 7.57 Å². The molecule has 2 radical (unpaired) electrons. The number of hydrogen-bond acceptors (Lipinski definition) is 0. The van der Waals surface area contributed by atoms with E-state index in [-0.39, 0.29) is 0 Å². The Morgan fingerprint density at radius 2 is 2.10 bits per heavy atom. The summed E-state index contributed by atoms with van der Waals surface area (Å²) in [6.45, 7) is 8.60. The Morgan fingerprint density at radius 1 is 1.38 bits per heavy atom. The van der Waals surface area contributed by atoms with Crippen LogP contribution in [0.5, 0.6) is 0 Å². The Bertz CT molecular complexity index is 650. The molecule has 2 aliphatic rings. The zero-order valence-corrected chi connectivity index (χ0v) is 14.0. The van der Waals surface area contributed by atoms with E-state index in [1.54, 1.807) is 0 Å². The zero-order valence-electron chi connectivity index (χ0n) is 13.2. The molecule has 0 spiro atoms. The van der Waals surface area contributed by atoms with E-state index in [0.29, 0.717) is 0 Å². The van der Waals surface area contributed by atoms with Crippen LogP contribution in [0.1, 0.15) is 48.9 Å². The first kappa shape index (κ1) is 14.9. The highest BCUT2D eigenvalue weighted by atomic mass is 31.1. The SMILES string of the molecule is [B][P+](=C)c1c(/C=C(\C)C2CC2)c(C=C)cc2c1CC(C)C2. The fourth-order valence-corrected chi connectivity index (χ4v) is 4.63. The molecule has 0 aliphatic heterocycles. The van der Waals surface area contributed by atoms with Crippen molar-refractivity contribution in [3.05, 3.63) is 40.5 Å². The highest BCUT2D eigenvalue weighted by Gasteiger charge is 2.29. The van der Waals surface area contributed by atoms with Crippen LogP contribution in [0.15, 0.2) is 18.2 Å². The van der Waals surface area contributed by atoms with Crippen LogP contribution >= 0.6 is 7.42 Å². The van der Waals surface area contributed by atoms with E-state index in [9.17, 15) is 0 Å². The third-order valence-corrected chi connectivity index (χ3v) is 5.88. The van der Waals surface area contributed by atoms with Gasteiger partial charge in [0, 0.05) is 11.1 Å². The molecule has 0 saturated heterocycles. The second kappa shape index (κ2) is 5.62. The van der Waals surface area contributed by atoms with Crippen LogP contribution in [-0.2, 0) is 12.8 Å². The molecule has 0 heterocycles. The Labute approximate surface area is 131 Å². The van der Waals surface area contributed by atoms with E-state index in [1.165, 1.54) is 46.0 Å². The number of fused-ring (bicyclic) bond motifs is 1. The molecule has 1 saturated carbocycles. The molecule has 106 valence electrons. The van der Waals surface area contributed by atoms with Gasteiger partial charge in [0.2, 0.25) is 0 Å². The van der Waals surface area contributed by atoms with Crippen LogP contribution in [0, 0.1) is 11.8 Å². The number of benzene rings is 1. The van der Waals surface area contributed by atoms with Crippen molar-refractivity contribution >= 4 is 38.7 Å². The van der Waals surface area contributed by atoms with Crippen LogP contribution in [-0.4, -0.2) is 13.9 Å². The second-order valence-corrected chi connectivity index (χ2v) is 8.10. The van der Waals surface area contributed by atoms with Gasteiger partial charge in [0.15, 0.2) is 0 Å². The lowest BCUT2D eigenvalue weighted by atomic mass is 9.97. The van der Waals surface area contributed by atoms with Gasteiger partial charge in [0.05, 0.1) is 13.7 Å². The number of rotatable bonds is 4. The largest absolute Gasteiger partial charge is 0.448 e. The third kappa shape index (κ3) is 2.81. The average Bonchev–Trinajstić information content (AvgIpc) is 3.20. The highest BCUT2D eigenvalue weighted by molar-refractivity contribution is 7.86. The second-order valence-electron chi connectivity index (χ2n) is 6.72. The smallest absolute Gasteiger partial charge is 0.0984 e. The Kier molecular flexibility index (Phi) is 3.97. The molecule has 1 fully saturated rings. The predicted octanol–water partition coefficient (Wildman–Crippen LogP) is 4.50. The first-order valence-electron chi connectivity index (χ1n) is 7.86. The molecule has 0 bridgehead atoms. The molecule has 1 aromatic rings. The van der Waals surface area contributed by atoms with Crippen LogP contribution in [0.4, 0.5) is 0 Å². The lowest BCUT2D eigenvalue weighted by molar-refractivity contribution is 0.628. The summed E-state index contributed by atoms with van der Waals surface area (Å²) >= 11 is 0. The maximum Gasteiger partial charge on any atom is 0.448 e. The molecule has 0 nitrogen and oxygen atoms in total. The number of allylic oxidation sites excluding steroid dienone is 1. The minimum absolute atomic E-state index is 0.718. The maximum atomic E-state index is 6.31. The van der Waals surface area contributed by atoms with Gasteiger partial charge in [-0.2, -0.15) is 0 Å². The summed E-state index contributed by atoms with van der Waals surface area (Å²) in [6, 6.07) is 2.33. The fourth-order valence-electron chi connectivity index (χ4n) is 3.54. The van der Waals surface area contributed by atoms with Crippen molar-refractivity contribution in [2.75, 3.05) is 0 Å². The lowest BCUT2D eigenvalue weighted by Gasteiger charge is -2.11. The van der Waals surface area contributed by atoms with Crippen molar-refractivity contribution in [2.45, 2.75) is 39.5 Å². The Hall–Kier alpha value is -1.07. The number of hydrogen-bond donors (Lipinski definition) is 0. The molecular formula is C19H23BP+.